The normalized spacial score (nSPS) is 11.5. The van der Waals surface area contributed by atoms with Crippen LogP contribution in [0.15, 0.2) is 45.7 Å². The van der Waals surface area contributed by atoms with Gasteiger partial charge in [0, 0.05) is 0 Å². The summed E-state index contributed by atoms with van der Waals surface area (Å²) >= 11 is 0. The van der Waals surface area contributed by atoms with E-state index in [4.69, 9.17) is 16.3 Å². The van der Waals surface area contributed by atoms with E-state index < -0.39 is 0 Å². The zero-order chi connectivity index (χ0) is 13.2. The van der Waals surface area contributed by atoms with Gasteiger partial charge in [-0.2, -0.15) is 5.10 Å². The zero-order valence-corrected chi connectivity index (χ0v) is 10.3. The second-order valence-corrected chi connectivity index (χ2v) is 3.38. The van der Waals surface area contributed by atoms with Crippen molar-refractivity contribution in [3.63, 3.8) is 0 Å². The van der Waals surface area contributed by atoms with Gasteiger partial charge in [0.15, 0.2) is 6.61 Å². The molecule has 1 aromatic carbocycles. The van der Waals surface area contributed by atoms with E-state index in [1.165, 1.54) is 6.21 Å². The summed E-state index contributed by atoms with van der Waals surface area (Å²) in [5.74, 6) is -0.0896. The largest absolute Gasteiger partial charge is 0.390 e. The lowest BCUT2D eigenvalue weighted by molar-refractivity contribution is 0.186. The van der Waals surface area contributed by atoms with Crippen LogP contribution in [-0.4, -0.2) is 24.5 Å². The van der Waals surface area contributed by atoms with Gasteiger partial charge in [-0.3, -0.25) is 0 Å². The number of nitrogens with zero attached hydrogens (tertiary/aromatic N) is 3. The monoisotopic (exact) mass is 247 g/mol. The van der Waals surface area contributed by atoms with E-state index in [1.807, 2.05) is 37.3 Å². The quantitative estimate of drug-likeness (QED) is 0.340. The van der Waals surface area contributed by atoms with Crippen molar-refractivity contribution in [3.05, 3.63) is 35.9 Å². The van der Waals surface area contributed by atoms with Gasteiger partial charge < -0.3 is 16.3 Å². The summed E-state index contributed by atoms with van der Waals surface area (Å²) in [6.07, 6.45) is 2.22. The summed E-state index contributed by atoms with van der Waals surface area (Å²) in [7, 11) is 0. The highest BCUT2D eigenvalue weighted by Crippen LogP contribution is 2.04. The van der Waals surface area contributed by atoms with Crippen LogP contribution < -0.4 is 11.5 Å². The fourth-order valence-corrected chi connectivity index (χ4v) is 1.24. The number of oxime groups is 1. The Bertz CT molecular complexity index is 435. The Hall–Kier alpha value is -2.37. The van der Waals surface area contributed by atoms with Gasteiger partial charge in [-0.1, -0.05) is 42.4 Å². The minimum Gasteiger partial charge on any atom is -0.390 e. The van der Waals surface area contributed by atoms with E-state index in [0.717, 1.165) is 17.7 Å². The third-order valence-corrected chi connectivity index (χ3v) is 2.02. The van der Waals surface area contributed by atoms with Crippen molar-refractivity contribution in [2.45, 2.75) is 13.3 Å². The van der Waals surface area contributed by atoms with Crippen molar-refractivity contribution < 1.29 is 4.84 Å². The summed E-state index contributed by atoms with van der Waals surface area (Å²) in [6, 6.07) is 9.85. The summed E-state index contributed by atoms with van der Waals surface area (Å²) in [4.78, 5) is 5.11. The van der Waals surface area contributed by atoms with Crippen LogP contribution in [0.5, 0.6) is 0 Å². The predicted octanol–water partition coefficient (Wildman–Crippen LogP) is 1.08. The predicted molar refractivity (Wildman–Crippen MR) is 73.5 cm³/mol. The molecule has 0 saturated heterocycles. The first-order valence-electron chi connectivity index (χ1n) is 5.58. The standard InChI is InChI=1S/C12H17N5O/c1-2-11(10-6-4-3-5-7-10)17-18-9-8-15-16-12(13)14/h3-8H,2,9H2,1H3,(H4,13,14,16)/b15-8+,17-11+. The topological polar surface area (TPSA) is 98.3 Å². The van der Waals surface area contributed by atoms with Gasteiger partial charge in [-0.05, 0) is 12.0 Å². The first-order valence-corrected chi connectivity index (χ1v) is 5.58. The number of hydrogen-bond acceptors (Lipinski definition) is 4. The molecule has 0 radical (unpaired) electrons. The van der Waals surface area contributed by atoms with Crippen molar-refractivity contribution in [3.8, 4) is 0 Å². The molecule has 6 heteroatoms. The lowest BCUT2D eigenvalue weighted by Crippen LogP contribution is -2.21. The molecule has 0 aromatic heterocycles. The van der Waals surface area contributed by atoms with Crippen LogP contribution in [0, 0.1) is 0 Å². The molecule has 4 N–H and O–H groups in total. The number of nitrogens with two attached hydrogens (primary N) is 2. The van der Waals surface area contributed by atoms with Gasteiger partial charge in [-0.25, -0.2) is 0 Å². The molecular weight excluding hydrogens is 230 g/mol. The fraction of sp³-hybridized carbons (Fsp3) is 0.250. The summed E-state index contributed by atoms with van der Waals surface area (Å²) < 4.78 is 0. The average Bonchev–Trinajstić information content (AvgIpc) is 2.38. The van der Waals surface area contributed by atoms with Crippen molar-refractivity contribution in [2.24, 2.45) is 26.8 Å². The molecule has 1 aromatic rings. The van der Waals surface area contributed by atoms with E-state index >= 15 is 0 Å². The van der Waals surface area contributed by atoms with Gasteiger partial charge in [0.1, 0.15) is 0 Å². The van der Waals surface area contributed by atoms with Crippen LogP contribution in [-0.2, 0) is 4.84 Å². The van der Waals surface area contributed by atoms with Crippen LogP contribution in [0.2, 0.25) is 0 Å². The van der Waals surface area contributed by atoms with Gasteiger partial charge in [0.05, 0.1) is 11.9 Å². The first-order chi connectivity index (χ1) is 8.74. The Morgan fingerprint density at radius 3 is 2.61 bits per heavy atom. The highest BCUT2D eigenvalue weighted by Gasteiger charge is 1.99. The van der Waals surface area contributed by atoms with E-state index in [2.05, 4.69) is 15.4 Å². The molecule has 0 heterocycles. The minimum absolute atomic E-state index is 0.0896. The molecule has 0 aliphatic rings. The van der Waals surface area contributed by atoms with Crippen molar-refractivity contribution in [1.82, 2.24) is 0 Å². The minimum atomic E-state index is -0.0896. The number of benzene rings is 1. The molecule has 0 aliphatic heterocycles. The molecule has 1 rings (SSSR count). The lowest BCUT2D eigenvalue weighted by atomic mass is 10.1. The number of hydrogen-bond donors (Lipinski definition) is 2. The van der Waals surface area contributed by atoms with Crippen molar-refractivity contribution in [1.29, 1.82) is 0 Å². The Morgan fingerprint density at radius 2 is 2.00 bits per heavy atom. The van der Waals surface area contributed by atoms with Gasteiger partial charge in [-0.15, -0.1) is 5.10 Å². The van der Waals surface area contributed by atoms with Crippen LogP contribution >= 0.6 is 0 Å². The van der Waals surface area contributed by atoms with Crippen LogP contribution in [0.25, 0.3) is 0 Å². The molecule has 6 nitrogen and oxygen atoms in total. The summed E-state index contributed by atoms with van der Waals surface area (Å²) in [5, 5.41) is 11.1. The van der Waals surface area contributed by atoms with Crippen molar-refractivity contribution in [2.75, 3.05) is 6.61 Å². The number of guanidine groups is 1. The maximum absolute atomic E-state index is 5.11. The molecule has 18 heavy (non-hydrogen) atoms. The maximum Gasteiger partial charge on any atom is 0.211 e. The zero-order valence-electron chi connectivity index (χ0n) is 10.3. The smallest absolute Gasteiger partial charge is 0.211 e. The molecule has 0 bridgehead atoms. The van der Waals surface area contributed by atoms with E-state index in [9.17, 15) is 0 Å². The van der Waals surface area contributed by atoms with Crippen LogP contribution in [0.4, 0.5) is 0 Å². The molecule has 96 valence electrons. The highest BCUT2D eigenvalue weighted by molar-refractivity contribution is 5.99. The molecule has 0 atom stereocenters. The molecule has 0 aliphatic carbocycles. The molecule has 0 amide bonds. The van der Waals surface area contributed by atoms with E-state index in [0.29, 0.717) is 0 Å². The Balaban J connectivity index is 2.50. The molecule has 0 spiro atoms. The van der Waals surface area contributed by atoms with E-state index in [-0.39, 0.29) is 12.6 Å². The van der Waals surface area contributed by atoms with Gasteiger partial charge >= 0.3 is 0 Å². The fourth-order valence-electron chi connectivity index (χ4n) is 1.24. The SMILES string of the molecule is CC/C(=N\OC/C=N/N=C(N)N)c1ccccc1. The second-order valence-electron chi connectivity index (χ2n) is 3.38. The Morgan fingerprint density at radius 1 is 1.28 bits per heavy atom. The van der Waals surface area contributed by atoms with Crippen LogP contribution in [0.1, 0.15) is 18.9 Å². The average molecular weight is 247 g/mol. The lowest BCUT2D eigenvalue weighted by Gasteiger charge is -2.02. The third-order valence-electron chi connectivity index (χ3n) is 2.02. The molecule has 0 unspecified atom stereocenters. The Labute approximate surface area is 106 Å². The molecule has 0 saturated carbocycles. The maximum atomic E-state index is 5.11. The first kappa shape index (κ1) is 13.7. The number of rotatable bonds is 6. The van der Waals surface area contributed by atoms with Gasteiger partial charge in [0.2, 0.25) is 5.96 Å². The van der Waals surface area contributed by atoms with Crippen LogP contribution in [0.3, 0.4) is 0 Å². The molecule has 0 fully saturated rings. The van der Waals surface area contributed by atoms with Crippen molar-refractivity contribution >= 4 is 17.9 Å². The molecular formula is C12H17N5O. The van der Waals surface area contributed by atoms with Gasteiger partial charge in [0.25, 0.3) is 0 Å². The second kappa shape index (κ2) is 7.83. The Kier molecular flexibility index (Phi) is 5.96. The summed E-state index contributed by atoms with van der Waals surface area (Å²) in [6.45, 7) is 2.23. The summed E-state index contributed by atoms with van der Waals surface area (Å²) in [5.41, 5.74) is 12.1. The highest BCUT2D eigenvalue weighted by atomic mass is 16.6. The third kappa shape index (κ3) is 5.11. The van der Waals surface area contributed by atoms with E-state index in [1.54, 1.807) is 0 Å².